The Morgan fingerprint density at radius 2 is 2.38 bits per heavy atom. The van der Waals surface area contributed by atoms with Crippen LogP contribution in [0.15, 0.2) is 4.60 Å². The molecule has 6 heteroatoms. The highest BCUT2D eigenvalue weighted by Gasteiger charge is 2.05. The standard InChI is InChI=1S/C7H13BrN4O/c1-12-6(7(8)10-11-12)5-9-3-4-13-2/h9H,3-5H2,1-2H3. The molecule has 0 aliphatic rings. The summed E-state index contributed by atoms with van der Waals surface area (Å²) in [5.74, 6) is 0. The fraction of sp³-hybridized carbons (Fsp3) is 0.714. The molecule has 0 unspecified atom stereocenters. The SMILES string of the molecule is COCCNCc1c(Br)nnn1C. The molecule has 0 saturated carbocycles. The average Bonchev–Trinajstić information content (AvgIpc) is 2.42. The number of aryl methyl sites for hydroxylation is 1. The summed E-state index contributed by atoms with van der Waals surface area (Å²) < 4.78 is 7.44. The number of rotatable bonds is 5. The Morgan fingerprint density at radius 1 is 1.62 bits per heavy atom. The molecule has 1 aromatic rings. The minimum Gasteiger partial charge on any atom is -0.383 e. The van der Waals surface area contributed by atoms with Gasteiger partial charge in [0.1, 0.15) is 0 Å². The van der Waals surface area contributed by atoms with E-state index < -0.39 is 0 Å². The number of halogens is 1. The van der Waals surface area contributed by atoms with Gasteiger partial charge in [-0.05, 0) is 15.9 Å². The van der Waals surface area contributed by atoms with Crippen molar-refractivity contribution in [3.63, 3.8) is 0 Å². The first-order valence-electron chi connectivity index (χ1n) is 3.99. The number of ether oxygens (including phenoxy) is 1. The first-order chi connectivity index (χ1) is 6.25. The summed E-state index contributed by atoms with van der Waals surface area (Å²) in [6.45, 7) is 2.28. The van der Waals surface area contributed by atoms with Crippen LogP contribution in [-0.2, 0) is 18.3 Å². The maximum atomic E-state index is 4.91. The van der Waals surface area contributed by atoms with Crippen molar-refractivity contribution >= 4 is 15.9 Å². The molecule has 74 valence electrons. The highest BCUT2D eigenvalue weighted by molar-refractivity contribution is 9.10. The van der Waals surface area contributed by atoms with Crippen LogP contribution in [0.2, 0.25) is 0 Å². The minimum absolute atomic E-state index is 0.711. The highest BCUT2D eigenvalue weighted by atomic mass is 79.9. The van der Waals surface area contributed by atoms with Crippen LogP contribution < -0.4 is 5.32 Å². The third-order valence-electron chi connectivity index (χ3n) is 1.67. The number of hydrogen-bond donors (Lipinski definition) is 1. The summed E-state index contributed by atoms with van der Waals surface area (Å²) in [7, 11) is 3.55. The van der Waals surface area contributed by atoms with Gasteiger partial charge in [0.2, 0.25) is 0 Å². The number of nitrogens with one attached hydrogen (secondary N) is 1. The van der Waals surface area contributed by atoms with Crippen LogP contribution in [-0.4, -0.2) is 35.3 Å². The van der Waals surface area contributed by atoms with Gasteiger partial charge in [-0.25, -0.2) is 4.68 Å². The molecule has 0 aliphatic carbocycles. The van der Waals surface area contributed by atoms with Gasteiger partial charge in [0.05, 0.1) is 12.3 Å². The predicted octanol–water partition coefficient (Wildman–Crippen LogP) is 0.314. The Morgan fingerprint density at radius 3 is 2.92 bits per heavy atom. The van der Waals surface area contributed by atoms with Gasteiger partial charge < -0.3 is 10.1 Å². The summed E-state index contributed by atoms with van der Waals surface area (Å²) in [6, 6.07) is 0. The van der Waals surface area contributed by atoms with Gasteiger partial charge in [0, 0.05) is 27.2 Å². The van der Waals surface area contributed by atoms with E-state index >= 15 is 0 Å². The first-order valence-corrected chi connectivity index (χ1v) is 4.78. The van der Waals surface area contributed by atoms with Gasteiger partial charge in [-0.15, -0.1) is 5.10 Å². The predicted molar refractivity (Wildman–Crippen MR) is 52.3 cm³/mol. The summed E-state index contributed by atoms with van der Waals surface area (Å²) in [6.07, 6.45) is 0. The van der Waals surface area contributed by atoms with Crippen LogP contribution in [0.4, 0.5) is 0 Å². The lowest BCUT2D eigenvalue weighted by molar-refractivity contribution is 0.199. The smallest absolute Gasteiger partial charge is 0.152 e. The molecule has 0 spiro atoms. The molecule has 1 aromatic heterocycles. The van der Waals surface area contributed by atoms with Crippen molar-refractivity contribution < 1.29 is 4.74 Å². The number of methoxy groups -OCH3 is 1. The van der Waals surface area contributed by atoms with Gasteiger partial charge in [0.25, 0.3) is 0 Å². The molecule has 13 heavy (non-hydrogen) atoms. The summed E-state index contributed by atoms with van der Waals surface area (Å²) in [5, 5.41) is 11.0. The van der Waals surface area contributed by atoms with Crippen molar-refractivity contribution in [2.45, 2.75) is 6.54 Å². The molecule has 0 fully saturated rings. The average molecular weight is 249 g/mol. The Kier molecular flexibility index (Phi) is 4.34. The van der Waals surface area contributed by atoms with E-state index in [1.54, 1.807) is 11.8 Å². The molecule has 1 rings (SSSR count). The fourth-order valence-electron chi connectivity index (χ4n) is 0.920. The van der Waals surface area contributed by atoms with Crippen molar-refractivity contribution in [2.75, 3.05) is 20.3 Å². The van der Waals surface area contributed by atoms with Gasteiger partial charge in [-0.2, -0.15) is 0 Å². The lowest BCUT2D eigenvalue weighted by Gasteiger charge is -2.03. The fourth-order valence-corrected chi connectivity index (χ4v) is 1.39. The highest BCUT2D eigenvalue weighted by Crippen LogP contribution is 2.10. The molecule has 5 nitrogen and oxygen atoms in total. The van der Waals surface area contributed by atoms with Crippen LogP contribution in [0.5, 0.6) is 0 Å². The van der Waals surface area contributed by atoms with Crippen LogP contribution in [0.25, 0.3) is 0 Å². The molecule has 0 radical (unpaired) electrons. The number of aromatic nitrogens is 3. The molecule has 0 bridgehead atoms. The second-order valence-corrected chi connectivity index (χ2v) is 3.37. The third kappa shape index (κ3) is 3.06. The minimum atomic E-state index is 0.711. The Labute approximate surface area is 85.6 Å². The van der Waals surface area contributed by atoms with E-state index in [4.69, 9.17) is 4.74 Å². The monoisotopic (exact) mass is 248 g/mol. The van der Waals surface area contributed by atoms with Crippen molar-refractivity contribution in [3.05, 3.63) is 10.3 Å². The molecule has 1 N–H and O–H groups in total. The van der Waals surface area contributed by atoms with Gasteiger partial charge in [-0.3, -0.25) is 0 Å². The van der Waals surface area contributed by atoms with Gasteiger partial charge in [0.15, 0.2) is 4.60 Å². The normalized spacial score (nSPS) is 10.7. The lowest BCUT2D eigenvalue weighted by Crippen LogP contribution is -2.20. The zero-order chi connectivity index (χ0) is 9.68. The largest absolute Gasteiger partial charge is 0.383 e. The quantitative estimate of drug-likeness (QED) is 0.763. The van der Waals surface area contributed by atoms with E-state index in [1.165, 1.54) is 0 Å². The van der Waals surface area contributed by atoms with Crippen molar-refractivity contribution in [3.8, 4) is 0 Å². The molecule has 0 aliphatic heterocycles. The van der Waals surface area contributed by atoms with Crippen molar-refractivity contribution in [1.82, 2.24) is 20.3 Å². The second-order valence-electron chi connectivity index (χ2n) is 2.62. The van der Waals surface area contributed by atoms with E-state index in [0.29, 0.717) is 6.61 Å². The summed E-state index contributed by atoms with van der Waals surface area (Å²) in [5.41, 5.74) is 1.04. The van der Waals surface area contributed by atoms with Crippen LogP contribution >= 0.6 is 15.9 Å². The van der Waals surface area contributed by atoms with Gasteiger partial charge in [-0.1, -0.05) is 5.21 Å². The molecule has 0 aromatic carbocycles. The molecular formula is C7H13BrN4O. The van der Waals surface area contributed by atoms with Crippen molar-refractivity contribution in [1.29, 1.82) is 0 Å². The zero-order valence-corrected chi connectivity index (χ0v) is 9.34. The van der Waals surface area contributed by atoms with E-state index in [1.807, 2.05) is 7.05 Å². The van der Waals surface area contributed by atoms with E-state index in [9.17, 15) is 0 Å². The van der Waals surface area contributed by atoms with Crippen LogP contribution in [0.1, 0.15) is 5.69 Å². The van der Waals surface area contributed by atoms with E-state index in [2.05, 4.69) is 31.6 Å². The Hall–Kier alpha value is -0.460. The van der Waals surface area contributed by atoms with Crippen molar-refractivity contribution in [2.24, 2.45) is 7.05 Å². The third-order valence-corrected chi connectivity index (χ3v) is 2.29. The zero-order valence-electron chi connectivity index (χ0n) is 7.75. The van der Waals surface area contributed by atoms with Gasteiger partial charge >= 0.3 is 0 Å². The summed E-state index contributed by atoms with van der Waals surface area (Å²) in [4.78, 5) is 0. The summed E-state index contributed by atoms with van der Waals surface area (Å²) >= 11 is 3.32. The van der Waals surface area contributed by atoms with Crippen LogP contribution in [0, 0.1) is 0 Å². The number of hydrogen-bond acceptors (Lipinski definition) is 4. The maximum absolute atomic E-state index is 4.91. The first kappa shape index (κ1) is 10.6. The molecular weight excluding hydrogens is 236 g/mol. The maximum Gasteiger partial charge on any atom is 0.152 e. The van der Waals surface area contributed by atoms with E-state index in [0.717, 1.165) is 23.4 Å². The molecule has 0 atom stereocenters. The topological polar surface area (TPSA) is 52.0 Å². The number of nitrogens with zero attached hydrogens (tertiary/aromatic N) is 3. The second kappa shape index (κ2) is 5.31. The Bertz CT molecular complexity index is 243. The Balaban J connectivity index is 2.36. The molecule has 0 saturated heterocycles. The lowest BCUT2D eigenvalue weighted by atomic mass is 10.4. The van der Waals surface area contributed by atoms with Crippen LogP contribution in [0.3, 0.4) is 0 Å². The van der Waals surface area contributed by atoms with E-state index in [-0.39, 0.29) is 0 Å². The molecule has 1 heterocycles. The molecule has 0 amide bonds.